The van der Waals surface area contributed by atoms with Crippen LogP contribution < -0.4 is 0 Å². The van der Waals surface area contributed by atoms with Crippen LogP contribution in [0.25, 0.3) is 0 Å². The standard InChI is InChI=1S/C6H9N3O5S/c1-8-6(9(10)11)3-5(7-8)4-14-15(2,12)13/h3H,4H2,1-2H3. The van der Waals surface area contributed by atoms with Gasteiger partial charge in [0.15, 0.2) is 0 Å². The summed E-state index contributed by atoms with van der Waals surface area (Å²) < 4.78 is 26.8. The van der Waals surface area contributed by atoms with Gasteiger partial charge >= 0.3 is 5.82 Å². The van der Waals surface area contributed by atoms with Crippen LogP contribution in [0.4, 0.5) is 5.82 Å². The quantitative estimate of drug-likeness (QED) is 0.406. The topological polar surface area (TPSA) is 104 Å². The van der Waals surface area contributed by atoms with Crippen LogP contribution in [0.5, 0.6) is 0 Å². The molecule has 1 rings (SSSR count). The molecule has 8 nitrogen and oxygen atoms in total. The summed E-state index contributed by atoms with van der Waals surface area (Å²) in [7, 11) is -2.17. The lowest BCUT2D eigenvalue weighted by Crippen LogP contribution is -2.03. The molecule has 9 heteroatoms. The van der Waals surface area contributed by atoms with Crippen molar-refractivity contribution in [3.05, 3.63) is 21.9 Å². The first-order valence-electron chi connectivity index (χ1n) is 3.81. The van der Waals surface area contributed by atoms with Gasteiger partial charge in [-0.05, 0) is 4.92 Å². The van der Waals surface area contributed by atoms with E-state index in [4.69, 9.17) is 0 Å². The van der Waals surface area contributed by atoms with Crippen molar-refractivity contribution >= 4 is 15.9 Å². The fourth-order valence-electron chi connectivity index (χ4n) is 0.924. The summed E-state index contributed by atoms with van der Waals surface area (Å²) in [4.78, 5) is 9.81. The Morgan fingerprint density at radius 2 is 2.27 bits per heavy atom. The Morgan fingerprint density at radius 1 is 1.67 bits per heavy atom. The zero-order valence-corrected chi connectivity index (χ0v) is 8.89. The molecule has 0 spiro atoms. The lowest BCUT2D eigenvalue weighted by Gasteiger charge is -1.94. The van der Waals surface area contributed by atoms with E-state index in [1.54, 1.807) is 0 Å². The highest BCUT2D eigenvalue weighted by Crippen LogP contribution is 2.12. The number of nitrogens with zero attached hydrogens (tertiary/aromatic N) is 3. The van der Waals surface area contributed by atoms with Crippen molar-refractivity contribution in [3.63, 3.8) is 0 Å². The first kappa shape index (κ1) is 11.6. The molecular weight excluding hydrogens is 226 g/mol. The Hall–Kier alpha value is -1.48. The molecule has 0 radical (unpaired) electrons. The largest absolute Gasteiger partial charge is 0.358 e. The number of rotatable bonds is 4. The number of aryl methyl sites for hydroxylation is 1. The van der Waals surface area contributed by atoms with Gasteiger partial charge in [0.1, 0.15) is 19.3 Å². The summed E-state index contributed by atoms with van der Waals surface area (Å²) in [5.41, 5.74) is 0.189. The highest BCUT2D eigenvalue weighted by Gasteiger charge is 2.15. The number of aromatic nitrogens is 2. The summed E-state index contributed by atoms with van der Waals surface area (Å²) in [6.07, 6.45) is 0.893. The molecule has 0 saturated carbocycles. The van der Waals surface area contributed by atoms with Gasteiger partial charge in [0.05, 0.1) is 12.3 Å². The molecule has 0 unspecified atom stereocenters. The third kappa shape index (κ3) is 3.29. The zero-order chi connectivity index (χ0) is 11.6. The van der Waals surface area contributed by atoms with Crippen molar-refractivity contribution in [2.24, 2.45) is 7.05 Å². The summed E-state index contributed by atoms with van der Waals surface area (Å²) >= 11 is 0. The minimum absolute atomic E-state index is 0.189. The molecule has 1 aromatic rings. The van der Waals surface area contributed by atoms with Crippen LogP contribution in [-0.2, 0) is 28.0 Å². The van der Waals surface area contributed by atoms with E-state index in [1.165, 1.54) is 7.05 Å². The van der Waals surface area contributed by atoms with Crippen LogP contribution in [0.3, 0.4) is 0 Å². The van der Waals surface area contributed by atoms with E-state index in [2.05, 4.69) is 9.28 Å². The first-order chi connectivity index (χ1) is 6.79. The van der Waals surface area contributed by atoms with Gasteiger partial charge in [0.2, 0.25) is 0 Å². The van der Waals surface area contributed by atoms with Gasteiger partial charge in [0.25, 0.3) is 10.1 Å². The second-order valence-electron chi connectivity index (χ2n) is 2.84. The second kappa shape index (κ2) is 3.95. The van der Waals surface area contributed by atoms with Crippen LogP contribution in [-0.4, -0.2) is 29.4 Å². The molecule has 0 amide bonds. The molecular formula is C6H9N3O5S. The molecule has 0 atom stereocenters. The monoisotopic (exact) mass is 235 g/mol. The van der Waals surface area contributed by atoms with Crippen LogP contribution >= 0.6 is 0 Å². The van der Waals surface area contributed by atoms with E-state index in [0.29, 0.717) is 0 Å². The molecule has 0 N–H and O–H groups in total. The molecule has 0 saturated heterocycles. The molecule has 1 heterocycles. The van der Waals surface area contributed by atoms with Crippen molar-refractivity contribution in [1.82, 2.24) is 9.78 Å². The lowest BCUT2D eigenvalue weighted by molar-refractivity contribution is -0.392. The van der Waals surface area contributed by atoms with Gasteiger partial charge in [-0.1, -0.05) is 5.10 Å². The summed E-state index contributed by atoms with van der Waals surface area (Å²) in [5.74, 6) is -0.220. The Balaban J connectivity index is 2.81. The summed E-state index contributed by atoms with van der Waals surface area (Å²) in [6.45, 7) is -0.305. The number of hydrogen-bond acceptors (Lipinski definition) is 6. The third-order valence-corrected chi connectivity index (χ3v) is 2.06. The number of hydrogen-bond donors (Lipinski definition) is 0. The highest BCUT2D eigenvalue weighted by atomic mass is 32.2. The van der Waals surface area contributed by atoms with Gasteiger partial charge in [-0.15, -0.1) is 4.68 Å². The summed E-state index contributed by atoms with van der Waals surface area (Å²) in [5, 5.41) is 14.1. The van der Waals surface area contributed by atoms with Crippen molar-refractivity contribution < 1.29 is 17.5 Å². The molecule has 0 aliphatic rings. The van der Waals surface area contributed by atoms with Gasteiger partial charge < -0.3 is 10.1 Å². The fraction of sp³-hybridized carbons (Fsp3) is 0.500. The lowest BCUT2D eigenvalue weighted by atomic mass is 10.4. The minimum atomic E-state index is -3.57. The Labute approximate surface area is 85.7 Å². The van der Waals surface area contributed by atoms with E-state index in [-0.39, 0.29) is 18.1 Å². The van der Waals surface area contributed by atoms with E-state index in [0.717, 1.165) is 17.0 Å². The maximum atomic E-state index is 10.6. The minimum Gasteiger partial charge on any atom is -0.358 e. The molecule has 0 bridgehead atoms. The number of nitro groups is 1. The van der Waals surface area contributed by atoms with Crippen LogP contribution in [0, 0.1) is 10.1 Å². The van der Waals surface area contributed by atoms with Crippen molar-refractivity contribution in [2.75, 3.05) is 6.26 Å². The van der Waals surface area contributed by atoms with E-state index in [9.17, 15) is 18.5 Å². The molecule has 0 aliphatic heterocycles. The summed E-state index contributed by atoms with van der Waals surface area (Å²) in [6, 6.07) is 1.16. The van der Waals surface area contributed by atoms with E-state index < -0.39 is 15.0 Å². The predicted molar refractivity (Wildman–Crippen MR) is 49.5 cm³/mol. The van der Waals surface area contributed by atoms with Crippen molar-refractivity contribution in [2.45, 2.75) is 6.61 Å². The van der Waals surface area contributed by atoms with Gasteiger partial charge in [0, 0.05) is 0 Å². The molecule has 1 aromatic heterocycles. The maximum Gasteiger partial charge on any atom is 0.344 e. The van der Waals surface area contributed by atoms with Crippen LogP contribution in [0.1, 0.15) is 5.69 Å². The van der Waals surface area contributed by atoms with Crippen LogP contribution in [0.15, 0.2) is 6.07 Å². The van der Waals surface area contributed by atoms with Gasteiger partial charge in [-0.2, -0.15) is 8.42 Å². The van der Waals surface area contributed by atoms with Gasteiger partial charge in [-0.3, -0.25) is 4.18 Å². The molecule has 15 heavy (non-hydrogen) atoms. The zero-order valence-electron chi connectivity index (χ0n) is 8.08. The third-order valence-electron chi connectivity index (χ3n) is 1.51. The Kier molecular flexibility index (Phi) is 3.05. The SMILES string of the molecule is Cn1nc(COS(C)(=O)=O)cc1[N+](=O)[O-]. The maximum absolute atomic E-state index is 10.6. The van der Waals surface area contributed by atoms with E-state index in [1.807, 2.05) is 0 Å². The average molecular weight is 235 g/mol. The van der Waals surface area contributed by atoms with Crippen molar-refractivity contribution in [1.29, 1.82) is 0 Å². The molecule has 0 aliphatic carbocycles. The second-order valence-corrected chi connectivity index (χ2v) is 4.48. The molecule has 84 valence electrons. The smallest absolute Gasteiger partial charge is 0.344 e. The fourth-order valence-corrected chi connectivity index (χ4v) is 1.26. The van der Waals surface area contributed by atoms with Gasteiger partial charge in [-0.25, -0.2) is 0 Å². The average Bonchev–Trinajstić information content (AvgIpc) is 2.42. The normalized spacial score (nSPS) is 11.6. The molecule has 0 aromatic carbocycles. The molecule has 0 fully saturated rings. The van der Waals surface area contributed by atoms with Crippen LogP contribution in [0.2, 0.25) is 0 Å². The Morgan fingerprint density at radius 3 is 2.67 bits per heavy atom. The Bertz CT molecular complexity index is 477. The van der Waals surface area contributed by atoms with Crippen molar-refractivity contribution in [3.8, 4) is 0 Å². The predicted octanol–water partition coefficient (Wildman–Crippen LogP) is -0.195. The van der Waals surface area contributed by atoms with E-state index >= 15 is 0 Å². The highest BCUT2D eigenvalue weighted by molar-refractivity contribution is 7.85. The first-order valence-corrected chi connectivity index (χ1v) is 5.63.